The Morgan fingerprint density at radius 2 is 2.25 bits per heavy atom. The van der Waals surface area contributed by atoms with E-state index in [4.69, 9.17) is 10.5 Å². The van der Waals surface area contributed by atoms with Crippen molar-refractivity contribution >= 4 is 22.3 Å². The molecule has 0 radical (unpaired) electrons. The fourth-order valence-electron chi connectivity index (χ4n) is 2.84. The van der Waals surface area contributed by atoms with E-state index in [2.05, 4.69) is 16.9 Å². The van der Waals surface area contributed by atoms with Crippen LogP contribution in [0.2, 0.25) is 0 Å². The molecule has 0 saturated carbocycles. The largest absolute Gasteiger partial charge is 0.398 e. The maximum Gasteiger partial charge on any atom is 0.0955 e. The molecule has 0 spiro atoms. The lowest BCUT2D eigenvalue weighted by Crippen LogP contribution is -2.33. The van der Waals surface area contributed by atoms with E-state index in [0.29, 0.717) is 6.10 Å². The second-order valence-corrected chi connectivity index (χ2v) is 5.44. The molecule has 4 heteroatoms. The third-order valence-electron chi connectivity index (χ3n) is 3.94. The highest BCUT2D eigenvalue weighted by atomic mass is 16.5. The van der Waals surface area contributed by atoms with Gasteiger partial charge in [-0.15, -0.1) is 0 Å². The molecule has 0 bridgehead atoms. The zero-order valence-corrected chi connectivity index (χ0v) is 11.9. The van der Waals surface area contributed by atoms with E-state index in [9.17, 15) is 0 Å². The van der Waals surface area contributed by atoms with Crippen molar-refractivity contribution in [3.8, 4) is 0 Å². The van der Waals surface area contributed by atoms with Gasteiger partial charge in [-0.3, -0.25) is 4.98 Å². The number of rotatable bonds is 3. The van der Waals surface area contributed by atoms with E-state index in [1.165, 1.54) is 12.8 Å². The summed E-state index contributed by atoms with van der Waals surface area (Å²) in [7, 11) is 2.09. The third-order valence-corrected chi connectivity index (χ3v) is 3.94. The molecular formula is C16H21N3O. The summed E-state index contributed by atoms with van der Waals surface area (Å²) in [4.78, 5) is 6.72. The third kappa shape index (κ3) is 2.56. The van der Waals surface area contributed by atoms with Crippen LogP contribution in [0.4, 0.5) is 11.4 Å². The number of ether oxygens (including phenoxy) is 1. The molecule has 1 unspecified atom stereocenters. The van der Waals surface area contributed by atoms with Gasteiger partial charge in [0.2, 0.25) is 0 Å². The number of benzene rings is 1. The Kier molecular flexibility index (Phi) is 3.74. The first kappa shape index (κ1) is 13.2. The van der Waals surface area contributed by atoms with Crippen LogP contribution >= 0.6 is 0 Å². The molecule has 1 aliphatic rings. The highest BCUT2D eigenvalue weighted by Crippen LogP contribution is 2.29. The molecule has 1 fully saturated rings. The molecule has 1 aromatic heterocycles. The smallest absolute Gasteiger partial charge is 0.0955 e. The number of pyridine rings is 1. The minimum absolute atomic E-state index is 0.324. The van der Waals surface area contributed by atoms with Crippen molar-refractivity contribution in [2.45, 2.75) is 25.4 Å². The van der Waals surface area contributed by atoms with Crippen molar-refractivity contribution in [1.29, 1.82) is 0 Å². The number of nitrogen functional groups attached to an aromatic ring is 1. The van der Waals surface area contributed by atoms with Gasteiger partial charge < -0.3 is 15.4 Å². The first-order valence-electron chi connectivity index (χ1n) is 7.21. The number of nitrogens with zero attached hydrogens (tertiary/aromatic N) is 2. The molecule has 0 amide bonds. The van der Waals surface area contributed by atoms with Gasteiger partial charge in [-0.05, 0) is 43.5 Å². The zero-order valence-electron chi connectivity index (χ0n) is 11.9. The van der Waals surface area contributed by atoms with Gasteiger partial charge in [0.25, 0.3) is 0 Å². The van der Waals surface area contributed by atoms with E-state index < -0.39 is 0 Å². The molecule has 4 nitrogen and oxygen atoms in total. The Bertz CT molecular complexity index is 593. The SMILES string of the molecule is CN(CC1CCCCO1)c1ccc(N)c2cccnc12. The molecule has 1 aromatic carbocycles. The fraction of sp³-hybridized carbons (Fsp3) is 0.438. The maximum atomic E-state index is 6.03. The van der Waals surface area contributed by atoms with Gasteiger partial charge in [0.1, 0.15) is 0 Å². The standard InChI is InChI=1S/C16H21N3O/c1-19(11-12-5-2-3-10-20-12)15-8-7-14(17)13-6-4-9-18-16(13)15/h4,6-9,12H,2-3,5,10-11,17H2,1H3. The number of fused-ring (bicyclic) bond motifs is 1. The molecule has 3 rings (SSSR count). The number of likely N-dealkylation sites (N-methyl/N-ethyl adjacent to an activating group) is 1. The number of aromatic nitrogens is 1. The van der Waals surface area contributed by atoms with Crippen LogP contribution in [-0.2, 0) is 4.74 Å². The second kappa shape index (κ2) is 5.67. The predicted molar refractivity (Wildman–Crippen MR) is 83.0 cm³/mol. The minimum Gasteiger partial charge on any atom is -0.398 e. The summed E-state index contributed by atoms with van der Waals surface area (Å²) in [5, 5.41) is 1.02. The molecule has 2 N–H and O–H groups in total. The zero-order chi connectivity index (χ0) is 13.9. The topological polar surface area (TPSA) is 51.4 Å². The number of nitrogens with two attached hydrogens (primary N) is 1. The van der Waals surface area contributed by atoms with Crippen molar-refractivity contribution in [3.63, 3.8) is 0 Å². The van der Waals surface area contributed by atoms with Crippen LogP contribution in [0.3, 0.4) is 0 Å². The second-order valence-electron chi connectivity index (χ2n) is 5.44. The molecule has 20 heavy (non-hydrogen) atoms. The first-order valence-corrected chi connectivity index (χ1v) is 7.21. The molecule has 1 aliphatic heterocycles. The van der Waals surface area contributed by atoms with Gasteiger partial charge in [-0.1, -0.05) is 0 Å². The predicted octanol–water partition coefficient (Wildman–Crippen LogP) is 2.82. The lowest BCUT2D eigenvalue weighted by atomic mass is 10.1. The molecule has 1 saturated heterocycles. The molecule has 2 heterocycles. The average Bonchev–Trinajstić information content (AvgIpc) is 2.49. The average molecular weight is 271 g/mol. The number of anilines is 2. The van der Waals surface area contributed by atoms with Gasteiger partial charge in [0.05, 0.1) is 17.3 Å². The van der Waals surface area contributed by atoms with Crippen molar-refractivity contribution in [2.75, 3.05) is 30.8 Å². The Morgan fingerprint density at radius 1 is 1.35 bits per heavy atom. The molecule has 0 aliphatic carbocycles. The lowest BCUT2D eigenvalue weighted by molar-refractivity contribution is 0.0216. The van der Waals surface area contributed by atoms with Crippen molar-refractivity contribution < 1.29 is 4.74 Å². The van der Waals surface area contributed by atoms with Crippen LogP contribution in [0.15, 0.2) is 30.5 Å². The molecular weight excluding hydrogens is 250 g/mol. The quantitative estimate of drug-likeness (QED) is 0.872. The highest BCUT2D eigenvalue weighted by Gasteiger charge is 2.17. The van der Waals surface area contributed by atoms with Crippen LogP contribution in [0.25, 0.3) is 10.9 Å². The summed E-state index contributed by atoms with van der Waals surface area (Å²) in [5.41, 5.74) is 8.88. The normalized spacial score (nSPS) is 19.1. The summed E-state index contributed by atoms with van der Waals surface area (Å²) < 4.78 is 5.82. The number of hydrogen-bond donors (Lipinski definition) is 1. The summed E-state index contributed by atoms with van der Waals surface area (Å²) in [5.74, 6) is 0. The number of hydrogen-bond acceptors (Lipinski definition) is 4. The van der Waals surface area contributed by atoms with E-state index in [0.717, 1.165) is 41.9 Å². The molecule has 106 valence electrons. The molecule has 1 atom stereocenters. The first-order chi connectivity index (χ1) is 9.75. The van der Waals surface area contributed by atoms with E-state index in [1.54, 1.807) is 0 Å². The van der Waals surface area contributed by atoms with Gasteiger partial charge in [-0.25, -0.2) is 0 Å². The Hall–Kier alpha value is -1.81. The Labute approximate surface area is 119 Å². The van der Waals surface area contributed by atoms with Crippen molar-refractivity contribution in [3.05, 3.63) is 30.5 Å². The summed E-state index contributed by atoms with van der Waals surface area (Å²) in [6.45, 7) is 1.79. The summed E-state index contributed by atoms with van der Waals surface area (Å²) >= 11 is 0. The van der Waals surface area contributed by atoms with E-state index >= 15 is 0 Å². The lowest BCUT2D eigenvalue weighted by Gasteiger charge is -2.29. The van der Waals surface area contributed by atoms with Gasteiger partial charge >= 0.3 is 0 Å². The van der Waals surface area contributed by atoms with E-state index in [1.807, 2.05) is 30.5 Å². The van der Waals surface area contributed by atoms with Crippen LogP contribution in [0.1, 0.15) is 19.3 Å². The van der Waals surface area contributed by atoms with Crippen LogP contribution < -0.4 is 10.6 Å². The van der Waals surface area contributed by atoms with Crippen molar-refractivity contribution in [1.82, 2.24) is 4.98 Å². The maximum absolute atomic E-state index is 6.03. The van der Waals surface area contributed by atoms with Gasteiger partial charge in [0, 0.05) is 37.5 Å². The van der Waals surface area contributed by atoms with Crippen LogP contribution in [0, 0.1) is 0 Å². The monoisotopic (exact) mass is 271 g/mol. The Morgan fingerprint density at radius 3 is 3.05 bits per heavy atom. The highest BCUT2D eigenvalue weighted by molar-refractivity contribution is 5.98. The molecule has 2 aromatic rings. The van der Waals surface area contributed by atoms with Crippen LogP contribution in [0.5, 0.6) is 0 Å². The van der Waals surface area contributed by atoms with Crippen LogP contribution in [-0.4, -0.2) is 31.3 Å². The fourth-order valence-corrected chi connectivity index (χ4v) is 2.84. The van der Waals surface area contributed by atoms with E-state index in [-0.39, 0.29) is 0 Å². The van der Waals surface area contributed by atoms with Gasteiger partial charge in [0.15, 0.2) is 0 Å². The summed E-state index contributed by atoms with van der Waals surface area (Å²) in [6, 6.07) is 7.95. The van der Waals surface area contributed by atoms with Gasteiger partial charge in [-0.2, -0.15) is 0 Å². The van der Waals surface area contributed by atoms with Crippen molar-refractivity contribution in [2.24, 2.45) is 0 Å². The Balaban J connectivity index is 1.87. The summed E-state index contributed by atoms with van der Waals surface area (Å²) in [6.07, 6.45) is 5.73. The minimum atomic E-state index is 0.324.